The predicted molar refractivity (Wildman–Crippen MR) is 80.0 cm³/mol. The average molecular weight is 329 g/mol. The molecule has 3 N–H and O–H groups in total. The molecule has 0 bridgehead atoms. The number of nitrogens with two attached hydrogens (primary N) is 1. The summed E-state index contributed by atoms with van der Waals surface area (Å²) in [5, 5.41) is 0. The van der Waals surface area contributed by atoms with Gasteiger partial charge in [0.1, 0.15) is 5.82 Å². The number of hydrogen-bond donors (Lipinski definition) is 2. The normalized spacial score (nSPS) is 20.0. The molecule has 0 unspecified atom stereocenters. The highest BCUT2D eigenvalue weighted by Crippen LogP contribution is 2.15. The fourth-order valence-electron chi connectivity index (χ4n) is 2.54. The van der Waals surface area contributed by atoms with Gasteiger partial charge in [0.25, 0.3) is 0 Å². The first kappa shape index (κ1) is 16.9. The van der Waals surface area contributed by atoms with Crippen molar-refractivity contribution in [2.45, 2.75) is 30.2 Å². The summed E-state index contributed by atoms with van der Waals surface area (Å²) in [6, 6.07) is 4.67. The molecule has 1 aromatic carbocycles. The van der Waals surface area contributed by atoms with Gasteiger partial charge in [-0.1, -0.05) is 6.07 Å². The largest absolute Gasteiger partial charge is 0.370 e. The number of carbonyl (C=O) groups is 1. The van der Waals surface area contributed by atoms with E-state index < -0.39 is 15.8 Å². The highest BCUT2D eigenvalue weighted by Gasteiger charge is 2.25. The lowest BCUT2D eigenvalue weighted by atomic mass is 10.1. The molecule has 8 heteroatoms. The Kier molecular flexibility index (Phi) is 5.49. The van der Waals surface area contributed by atoms with Gasteiger partial charge in [0.15, 0.2) is 0 Å². The second-order valence-electron chi connectivity index (χ2n) is 5.43. The van der Waals surface area contributed by atoms with Gasteiger partial charge < -0.3 is 10.6 Å². The number of halogens is 1. The Morgan fingerprint density at radius 2 is 2.23 bits per heavy atom. The Morgan fingerprint density at radius 3 is 2.91 bits per heavy atom. The Hall–Kier alpha value is -1.51. The molecule has 22 heavy (non-hydrogen) atoms. The van der Waals surface area contributed by atoms with Crippen molar-refractivity contribution in [3.8, 4) is 0 Å². The molecule has 122 valence electrons. The Bertz CT molecular complexity index is 636. The predicted octanol–water partition coefficient (Wildman–Crippen LogP) is 0.444. The number of piperidine rings is 1. The zero-order chi connectivity index (χ0) is 16.2. The highest BCUT2D eigenvalue weighted by atomic mass is 32.2. The molecule has 0 aliphatic carbocycles. The third kappa shape index (κ3) is 4.75. The molecular weight excluding hydrogens is 309 g/mol. The van der Waals surface area contributed by atoms with Gasteiger partial charge in [0, 0.05) is 25.6 Å². The van der Waals surface area contributed by atoms with Crippen LogP contribution in [0.3, 0.4) is 0 Å². The second kappa shape index (κ2) is 7.17. The van der Waals surface area contributed by atoms with Gasteiger partial charge in [-0.25, -0.2) is 17.5 Å². The van der Waals surface area contributed by atoms with E-state index in [0.717, 1.165) is 19.0 Å². The van der Waals surface area contributed by atoms with Crippen LogP contribution in [0.5, 0.6) is 0 Å². The lowest BCUT2D eigenvalue weighted by Crippen LogP contribution is -2.48. The first-order chi connectivity index (χ1) is 10.4. The Balaban J connectivity index is 1.98. The number of sulfonamides is 1. The van der Waals surface area contributed by atoms with Crippen molar-refractivity contribution in [3.05, 3.63) is 30.1 Å². The number of amides is 1. The van der Waals surface area contributed by atoms with Gasteiger partial charge >= 0.3 is 0 Å². The summed E-state index contributed by atoms with van der Waals surface area (Å²) < 4.78 is 40.3. The molecule has 0 aromatic heterocycles. The second-order valence-corrected chi connectivity index (χ2v) is 7.15. The van der Waals surface area contributed by atoms with Crippen molar-refractivity contribution in [3.63, 3.8) is 0 Å². The van der Waals surface area contributed by atoms with E-state index in [4.69, 9.17) is 5.73 Å². The van der Waals surface area contributed by atoms with Crippen LogP contribution in [0.2, 0.25) is 0 Å². The van der Waals surface area contributed by atoms with Crippen LogP contribution in [0.15, 0.2) is 29.2 Å². The fourth-order valence-corrected chi connectivity index (χ4v) is 3.84. The SMILES string of the molecule is NC(=O)CCN1CCC[C@@H](NS(=O)(=O)c2cccc(F)c2)C1. The molecule has 1 fully saturated rings. The van der Waals surface area contributed by atoms with E-state index in [0.29, 0.717) is 19.5 Å². The molecule has 1 atom stereocenters. The van der Waals surface area contributed by atoms with Crippen LogP contribution in [0.1, 0.15) is 19.3 Å². The topological polar surface area (TPSA) is 92.5 Å². The van der Waals surface area contributed by atoms with Crippen molar-refractivity contribution >= 4 is 15.9 Å². The Morgan fingerprint density at radius 1 is 1.45 bits per heavy atom. The van der Waals surface area contributed by atoms with E-state index >= 15 is 0 Å². The maximum atomic E-state index is 13.2. The minimum Gasteiger partial charge on any atom is -0.370 e. The van der Waals surface area contributed by atoms with Gasteiger partial charge in [-0.2, -0.15) is 0 Å². The summed E-state index contributed by atoms with van der Waals surface area (Å²) in [7, 11) is -3.75. The third-order valence-corrected chi connectivity index (χ3v) is 5.13. The maximum absolute atomic E-state index is 13.2. The summed E-state index contributed by atoms with van der Waals surface area (Å²) in [6.07, 6.45) is 1.79. The Labute approximate surface area is 129 Å². The number of rotatable bonds is 6. The number of primary amides is 1. The van der Waals surface area contributed by atoms with Crippen molar-refractivity contribution in [1.82, 2.24) is 9.62 Å². The van der Waals surface area contributed by atoms with Crippen LogP contribution < -0.4 is 10.5 Å². The summed E-state index contributed by atoms with van der Waals surface area (Å²) >= 11 is 0. The van der Waals surface area contributed by atoms with Crippen molar-refractivity contribution < 1.29 is 17.6 Å². The maximum Gasteiger partial charge on any atom is 0.240 e. The zero-order valence-electron chi connectivity index (χ0n) is 12.2. The molecule has 0 spiro atoms. The van der Waals surface area contributed by atoms with Crippen LogP contribution in [0, 0.1) is 5.82 Å². The molecule has 6 nitrogen and oxygen atoms in total. The van der Waals surface area contributed by atoms with Crippen LogP contribution in [-0.2, 0) is 14.8 Å². The van der Waals surface area contributed by atoms with Crippen molar-refractivity contribution in [2.24, 2.45) is 5.73 Å². The fraction of sp³-hybridized carbons (Fsp3) is 0.500. The molecule has 0 radical (unpaired) electrons. The number of carbonyl (C=O) groups excluding carboxylic acids is 1. The molecule has 1 amide bonds. The standard InChI is InChI=1S/C14H20FN3O3S/c15-11-3-1-5-13(9-11)22(20,21)17-12-4-2-7-18(10-12)8-6-14(16)19/h1,3,5,9,12,17H,2,4,6-8,10H2,(H2,16,19)/t12-/m1/s1. The number of benzene rings is 1. The van der Waals surface area contributed by atoms with E-state index in [1.807, 2.05) is 4.90 Å². The smallest absolute Gasteiger partial charge is 0.240 e. The number of hydrogen-bond acceptors (Lipinski definition) is 4. The van der Waals surface area contributed by atoms with Crippen LogP contribution >= 0.6 is 0 Å². The minimum atomic E-state index is -3.75. The molecular formula is C14H20FN3O3S. The number of nitrogens with one attached hydrogen (secondary N) is 1. The van der Waals surface area contributed by atoms with E-state index in [1.54, 1.807) is 0 Å². The number of nitrogens with zero attached hydrogens (tertiary/aromatic N) is 1. The van der Waals surface area contributed by atoms with Crippen LogP contribution in [0.4, 0.5) is 4.39 Å². The monoisotopic (exact) mass is 329 g/mol. The summed E-state index contributed by atoms with van der Waals surface area (Å²) in [4.78, 5) is 12.7. The molecule has 2 rings (SSSR count). The molecule has 1 saturated heterocycles. The highest BCUT2D eigenvalue weighted by molar-refractivity contribution is 7.89. The van der Waals surface area contributed by atoms with Gasteiger partial charge in [-0.3, -0.25) is 4.79 Å². The first-order valence-electron chi connectivity index (χ1n) is 7.15. The third-order valence-electron chi connectivity index (χ3n) is 3.61. The lowest BCUT2D eigenvalue weighted by Gasteiger charge is -2.32. The molecule has 1 heterocycles. The average Bonchev–Trinajstić information content (AvgIpc) is 2.45. The summed E-state index contributed by atoms with van der Waals surface area (Å²) in [5.74, 6) is -0.961. The van der Waals surface area contributed by atoms with Gasteiger partial charge in [-0.15, -0.1) is 0 Å². The van der Waals surface area contributed by atoms with Crippen LogP contribution in [-0.4, -0.2) is 44.9 Å². The van der Waals surface area contributed by atoms with Gasteiger partial charge in [0.2, 0.25) is 15.9 Å². The van der Waals surface area contributed by atoms with E-state index in [9.17, 15) is 17.6 Å². The minimum absolute atomic E-state index is 0.0817. The number of likely N-dealkylation sites (tertiary alicyclic amines) is 1. The van der Waals surface area contributed by atoms with Gasteiger partial charge in [0.05, 0.1) is 4.90 Å². The van der Waals surface area contributed by atoms with Crippen molar-refractivity contribution in [1.29, 1.82) is 0 Å². The molecule has 1 aromatic rings. The lowest BCUT2D eigenvalue weighted by molar-refractivity contribution is -0.118. The molecule has 1 aliphatic heterocycles. The van der Waals surface area contributed by atoms with Crippen LogP contribution in [0.25, 0.3) is 0 Å². The quantitative estimate of drug-likeness (QED) is 0.792. The first-order valence-corrected chi connectivity index (χ1v) is 8.64. The van der Waals surface area contributed by atoms with E-state index in [1.165, 1.54) is 18.2 Å². The van der Waals surface area contributed by atoms with Crippen molar-refractivity contribution in [2.75, 3.05) is 19.6 Å². The zero-order valence-corrected chi connectivity index (χ0v) is 13.0. The molecule has 0 saturated carbocycles. The van der Waals surface area contributed by atoms with E-state index in [-0.39, 0.29) is 23.3 Å². The summed E-state index contributed by atoms with van der Waals surface area (Å²) in [6.45, 7) is 1.85. The van der Waals surface area contributed by atoms with E-state index in [2.05, 4.69) is 4.72 Å². The van der Waals surface area contributed by atoms with Gasteiger partial charge in [-0.05, 0) is 37.6 Å². The summed E-state index contributed by atoms with van der Waals surface area (Å²) in [5.41, 5.74) is 5.12. The molecule has 1 aliphatic rings.